The van der Waals surface area contributed by atoms with Gasteiger partial charge in [0.2, 0.25) is 0 Å². The van der Waals surface area contributed by atoms with Gasteiger partial charge in [0, 0.05) is 18.3 Å². The van der Waals surface area contributed by atoms with Gasteiger partial charge in [0.1, 0.15) is 5.75 Å². The number of methoxy groups -OCH3 is 1. The van der Waals surface area contributed by atoms with E-state index in [0.29, 0.717) is 29.6 Å². The summed E-state index contributed by atoms with van der Waals surface area (Å²) < 4.78 is 10.5. The zero-order valence-electron chi connectivity index (χ0n) is 16.8. The Kier molecular flexibility index (Phi) is 6.57. The number of carbonyl (C=O) groups excluding carboxylic acids is 2. The quantitative estimate of drug-likeness (QED) is 0.734. The number of benzene rings is 1. The van der Waals surface area contributed by atoms with Crippen molar-refractivity contribution in [1.82, 2.24) is 15.5 Å². The topological polar surface area (TPSA) is 79.9 Å². The number of urea groups is 1. The molecule has 0 spiro atoms. The minimum Gasteiger partial charge on any atom is -0.497 e. The molecule has 1 fully saturated rings. The van der Waals surface area contributed by atoms with Crippen molar-refractivity contribution in [2.75, 3.05) is 26.8 Å². The van der Waals surface area contributed by atoms with Gasteiger partial charge in [-0.15, -0.1) is 0 Å². The normalized spacial score (nSPS) is 23.0. The SMILES string of the molecule is CCOC(=O)C1=C(CN2CCCC[C@H]2C)NC(=O)N[C@@H]1c1ccc(OC)cc1. The van der Waals surface area contributed by atoms with Crippen LogP contribution in [-0.2, 0) is 9.53 Å². The lowest BCUT2D eigenvalue weighted by Gasteiger charge is -2.36. The average Bonchev–Trinajstić information content (AvgIpc) is 2.69. The van der Waals surface area contributed by atoms with Crippen LogP contribution in [0.1, 0.15) is 44.7 Å². The molecule has 152 valence electrons. The molecule has 0 bridgehead atoms. The highest BCUT2D eigenvalue weighted by atomic mass is 16.5. The standard InChI is InChI=1S/C21H29N3O4/c1-4-28-20(25)18-17(13-24-12-6-5-7-14(24)2)22-21(26)23-19(18)15-8-10-16(27-3)11-9-15/h8-11,14,19H,4-7,12-13H2,1-3H3,(H2,22,23,26)/t14-,19-/m1/s1. The van der Waals surface area contributed by atoms with Crippen LogP contribution in [0, 0.1) is 0 Å². The van der Waals surface area contributed by atoms with Crippen LogP contribution in [0.2, 0.25) is 0 Å². The van der Waals surface area contributed by atoms with E-state index in [4.69, 9.17) is 9.47 Å². The fourth-order valence-electron chi connectivity index (χ4n) is 3.83. The Hall–Kier alpha value is -2.54. The van der Waals surface area contributed by atoms with Crippen molar-refractivity contribution in [2.45, 2.75) is 45.2 Å². The molecule has 0 saturated carbocycles. The fourth-order valence-corrected chi connectivity index (χ4v) is 3.83. The summed E-state index contributed by atoms with van der Waals surface area (Å²) >= 11 is 0. The lowest BCUT2D eigenvalue weighted by molar-refractivity contribution is -0.139. The van der Waals surface area contributed by atoms with Crippen molar-refractivity contribution in [3.63, 3.8) is 0 Å². The number of rotatable bonds is 6. The van der Waals surface area contributed by atoms with Gasteiger partial charge < -0.3 is 20.1 Å². The predicted molar refractivity (Wildman–Crippen MR) is 106 cm³/mol. The van der Waals surface area contributed by atoms with Gasteiger partial charge in [-0.05, 0) is 50.9 Å². The molecule has 2 heterocycles. The van der Waals surface area contributed by atoms with Crippen molar-refractivity contribution >= 4 is 12.0 Å². The van der Waals surface area contributed by atoms with Gasteiger partial charge in [0.25, 0.3) is 0 Å². The Morgan fingerprint density at radius 3 is 2.64 bits per heavy atom. The van der Waals surface area contributed by atoms with Crippen molar-refractivity contribution in [2.24, 2.45) is 0 Å². The fraction of sp³-hybridized carbons (Fsp3) is 0.524. The smallest absolute Gasteiger partial charge is 0.338 e. The molecule has 2 amide bonds. The van der Waals surface area contributed by atoms with Gasteiger partial charge in [0.15, 0.2) is 0 Å². The summed E-state index contributed by atoms with van der Waals surface area (Å²) in [7, 11) is 1.60. The minimum atomic E-state index is -0.561. The summed E-state index contributed by atoms with van der Waals surface area (Å²) in [4.78, 5) is 27.5. The molecule has 2 N–H and O–H groups in total. The summed E-state index contributed by atoms with van der Waals surface area (Å²) in [5.74, 6) is 0.309. The molecule has 7 heteroatoms. The van der Waals surface area contributed by atoms with Gasteiger partial charge in [-0.1, -0.05) is 18.6 Å². The van der Waals surface area contributed by atoms with E-state index in [1.807, 2.05) is 24.3 Å². The van der Waals surface area contributed by atoms with E-state index >= 15 is 0 Å². The van der Waals surface area contributed by atoms with Crippen LogP contribution in [0.4, 0.5) is 4.79 Å². The van der Waals surface area contributed by atoms with Crippen LogP contribution in [0.5, 0.6) is 5.75 Å². The van der Waals surface area contributed by atoms with Gasteiger partial charge >= 0.3 is 12.0 Å². The first kappa shape index (κ1) is 20.2. The summed E-state index contributed by atoms with van der Waals surface area (Å²) in [5.41, 5.74) is 1.89. The summed E-state index contributed by atoms with van der Waals surface area (Å²) in [6.45, 7) is 5.72. The molecule has 0 unspecified atom stereocenters. The molecule has 0 aromatic heterocycles. The molecule has 1 aromatic carbocycles. The monoisotopic (exact) mass is 387 g/mol. The van der Waals surface area contributed by atoms with Gasteiger partial charge in [0.05, 0.1) is 25.3 Å². The maximum absolute atomic E-state index is 12.8. The Labute approximate surface area is 166 Å². The van der Waals surface area contributed by atoms with Gasteiger partial charge in [-0.2, -0.15) is 0 Å². The van der Waals surface area contributed by atoms with Crippen LogP contribution < -0.4 is 15.4 Å². The first-order valence-electron chi connectivity index (χ1n) is 9.89. The lowest BCUT2D eigenvalue weighted by atomic mass is 9.94. The van der Waals surface area contributed by atoms with Crippen LogP contribution in [0.15, 0.2) is 35.5 Å². The molecule has 2 atom stereocenters. The van der Waals surface area contributed by atoms with Crippen LogP contribution in [0.3, 0.4) is 0 Å². The molecular weight excluding hydrogens is 358 g/mol. The molecule has 1 aromatic rings. The molecule has 0 radical (unpaired) electrons. The Balaban J connectivity index is 1.98. The van der Waals surface area contributed by atoms with Gasteiger partial charge in [-0.25, -0.2) is 9.59 Å². The number of hydrogen-bond donors (Lipinski definition) is 2. The minimum absolute atomic E-state index is 0.277. The number of nitrogens with one attached hydrogen (secondary N) is 2. The highest BCUT2D eigenvalue weighted by molar-refractivity contribution is 5.95. The van der Waals surface area contributed by atoms with E-state index in [1.54, 1.807) is 14.0 Å². The van der Waals surface area contributed by atoms with E-state index < -0.39 is 12.0 Å². The largest absolute Gasteiger partial charge is 0.497 e. The molecule has 1 saturated heterocycles. The summed E-state index contributed by atoms with van der Waals surface area (Å²) in [5, 5.41) is 5.73. The number of hydrogen-bond acceptors (Lipinski definition) is 5. The first-order chi connectivity index (χ1) is 13.5. The number of nitrogens with zero attached hydrogens (tertiary/aromatic N) is 1. The highest BCUT2D eigenvalue weighted by Gasteiger charge is 2.35. The van der Waals surface area contributed by atoms with Crippen molar-refractivity contribution in [1.29, 1.82) is 0 Å². The Morgan fingerprint density at radius 2 is 2.00 bits per heavy atom. The number of esters is 1. The van der Waals surface area contributed by atoms with E-state index in [1.165, 1.54) is 6.42 Å². The predicted octanol–water partition coefficient (Wildman–Crippen LogP) is 2.74. The molecule has 3 rings (SSSR count). The third kappa shape index (κ3) is 4.47. The van der Waals surface area contributed by atoms with E-state index in [0.717, 1.165) is 24.9 Å². The van der Waals surface area contributed by atoms with E-state index in [-0.39, 0.29) is 12.6 Å². The van der Waals surface area contributed by atoms with Crippen LogP contribution >= 0.6 is 0 Å². The number of ether oxygens (including phenoxy) is 2. The third-order valence-electron chi connectivity index (χ3n) is 5.40. The second-order valence-corrected chi connectivity index (χ2v) is 7.23. The Morgan fingerprint density at radius 1 is 1.25 bits per heavy atom. The second-order valence-electron chi connectivity index (χ2n) is 7.23. The van der Waals surface area contributed by atoms with Crippen LogP contribution in [-0.4, -0.2) is 49.7 Å². The van der Waals surface area contributed by atoms with Crippen molar-refractivity contribution in [3.8, 4) is 5.75 Å². The number of carbonyl (C=O) groups is 2. The first-order valence-corrected chi connectivity index (χ1v) is 9.89. The maximum Gasteiger partial charge on any atom is 0.338 e. The zero-order chi connectivity index (χ0) is 20.1. The van der Waals surface area contributed by atoms with Gasteiger partial charge in [-0.3, -0.25) is 4.90 Å². The molecule has 2 aliphatic heterocycles. The number of likely N-dealkylation sites (tertiary alicyclic amines) is 1. The maximum atomic E-state index is 12.8. The van der Waals surface area contributed by atoms with Crippen LogP contribution in [0.25, 0.3) is 0 Å². The van der Waals surface area contributed by atoms with E-state index in [9.17, 15) is 9.59 Å². The summed E-state index contributed by atoms with van der Waals surface area (Å²) in [6.07, 6.45) is 3.46. The van der Waals surface area contributed by atoms with Crippen molar-refractivity contribution in [3.05, 3.63) is 41.1 Å². The van der Waals surface area contributed by atoms with Crippen molar-refractivity contribution < 1.29 is 19.1 Å². The van der Waals surface area contributed by atoms with E-state index in [2.05, 4.69) is 22.5 Å². The third-order valence-corrected chi connectivity index (χ3v) is 5.40. The Bertz CT molecular complexity index is 745. The number of piperidine rings is 1. The lowest BCUT2D eigenvalue weighted by Crippen LogP contribution is -2.50. The highest BCUT2D eigenvalue weighted by Crippen LogP contribution is 2.30. The molecule has 2 aliphatic rings. The summed E-state index contributed by atoms with van der Waals surface area (Å²) in [6, 6.07) is 6.89. The number of amides is 2. The molecule has 7 nitrogen and oxygen atoms in total. The zero-order valence-corrected chi connectivity index (χ0v) is 16.8. The molecular formula is C21H29N3O4. The average molecular weight is 387 g/mol. The second kappa shape index (κ2) is 9.10. The molecule has 28 heavy (non-hydrogen) atoms. The molecule has 0 aliphatic carbocycles.